The average molecular weight is 436 g/mol. The number of hydrogen-bond donors (Lipinski definition) is 1. The molecule has 6 nitrogen and oxygen atoms in total. The summed E-state index contributed by atoms with van der Waals surface area (Å²) in [5.74, 6) is 1.86. The molecule has 0 saturated carbocycles. The molecule has 0 radical (unpaired) electrons. The van der Waals surface area contributed by atoms with Crippen LogP contribution in [0.3, 0.4) is 0 Å². The summed E-state index contributed by atoms with van der Waals surface area (Å²) in [6, 6.07) is 13.5. The zero-order valence-electron chi connectivity index (χ0n) is 18.8. The van der Waals surface area contributed by atoms with Crippen LogP contribution in [0.5, 0.6) is 17.2 Å². The highest BCUT2D eigenvalue weighted by Gasteiger charge is 2.38. The van der Waals surface area contributed by atoms with E-state index >= 15 is 0 Å². The van der Waals surface area contributed by atoms with Crippen LogP contribution >= 0.6 is 0 Å². The van der Waals surface area contributed by atoms with E-state index in [1.165, 1.54) is 0 Å². The molecule has 2 aromatic rings. The fourth-order valence-corrected chi connectivity index (χ4v) is 4.60. The number of hydrogen-bond acceptors (Lipinski definition) is 5. The van der Waals surface area contributed by atoms with Crippen LogP contribution in [0.4, 0.5) is 0 Å². The van der Waals surface area contributed by atoms with E-state index in [1.54, 1.807) is 14.2 Å². The third kappa shape index (κ3) is 4.35. The van der Waals surface area contributed by atoms with Gasteiger partial charge in [-0.1, -0.05) is 25.1 Å². The van der Waals surface area contributed by atoms with Crippen molar-refractivity contribution in [2.75, 3.05) is 20.8 Å². The Hall–Kier alpha value is -3.28. The van der Waals surface area contributed by atoms with Crippen LogP contribution in [0.2, 0.25) is 0 Å². The Kier molecular flexibility index (Phi) is 6.49. The molecule has 1 heterocycles. The Morgan fingerprint density at radius 3 is 2.31 bits per heavy atom. The van der Waals surface area contributed by atoms with Crippen molar-refractivity contribution >= 4 is 11.7 Å². The number of rotatable bonds is 7. The highest BCUT2D eigenvalue weighted by molar-refractivity contribution is 6.02. The van der Waals surface area contributed by atoms with Gasteiger partial charge in [-0.3, -0.25) is 9.59 Å². The fraction of sp³-hybridized carbons (Fsp3) is 0.385. The number of Topliss-reactive ketones (excluding diaryl/α,β-unsaturated/α-hetero) is 1. The number of carbonyl (C=O) groups is 2. The Morgan fingerprint density at radius 1 is 0.906 bits per heavy atom. The lowest BCUT2D eigenvalue weighted by molar-refractivity contribution is -0.122. The summed E-state index contributed by atoms with van der Waals surface area (Å²) >= 11 is 0. The van der Waals surface area contributed by atoms with E-state index < -0.39 is 0 Å². The van der Waals surface area contributed by atoms with Crippen LogP contribution in [-0.2, 0) is 9.59 Å². The summed E-state index contributed by atoms with van der Waals surface area (Å²) in [5.41, 5.74) is 3.45. The quantitative estimate of drug-likeness (QED) is 0.693. The second-order valence-electron chi connectivity index (χ2n) is 8.26. The minimum Gasteiger partial charge on any atom is -0.494 e. The van der Waals surface area contributed by atoms with Gasteiger partial charge in [-0.25, -0.2) is 0 Å². The molecule has 168 valence electrons. The number of allylic oxidation sites excluding steroid dienone is 2. The normalized spacial score (nSPS) is 20.5. The van der Waals surface area contributed by atoms with Crippen LogP contribution in [0.25, 0.3) is 0 Å². The van der Waals surface area contributed by atoms with E-state index in [2.05, 4.69) is 12.2 Å². The number of nitrogens with one attached hydrogen (secondary N) is 1. The predicted octanol–water partition coefficient (Wildman–Crippen LogP) is 4.50. The van der Waals surface area contributed by atoms with E-state index in [1.807, 2.05) is 42.5 Å². The molecule has 1 amide bonds. The molecular formula is C26H29NO5. The minimum atomic E-state index is -0.224. The Bertz CT molecular complexity index is 1040. The lowest BCUT2D eigenvalue weighted by atomic mass is 9.73. The largest absolute Gasteiger partial charge is 0.494 e. The van der Waals surface area contributed by atoms with Crippen LogP contribution in [-0.4, -0.2) is 32.5 Å². The molecule has 0 fully saturated rings. The lowest BCUT2D eigenvalue weighted by Gasteiger charge is -2.34. The van der Waals surface area contributed by atoms with Gasteiger partial charge >= 0.3 is 0 Å². The van der Waals surface area contributed by atoms with Crippen molar-refractivity contribution in [3.05, 3.63) is 64.9 Å². The maximum atomic E-state index is 13.3. The van der Waals surface area contributed by atoms with Gasteiger partial charge in [0.05, 0.1) is 20.8 Å². The molecule has 2 aliphatic rings. The summed E-state index contributed by atoms with van der Waals surface area (Å²) < 4.78 is 16.4. The molecule has 1 aliphatic carbocycles. The van der Waals surface area contributed by atoms with Crippen molar-refractivity contribution < 1.29 is 23.8 Å². The second-order valence-corrected chi connectivity index (χ2v) is 8.26. The van der Waals surface area contributed by atoms with Crippen LogP contribution < -0.4 is 19.5 Å². The first-order valence-electron chi connectivity index (χ1n) is 11.0. The number of amides is 1. The smallest absolute Gasteiger partial charge is 0.225 e. The average Bonchev–Trinajstić information content (AvgIpc) is 2.81. The number of methoxy groups -OCH3 is 2. The molecule has 0 spiro atoms. The first-order valence-corrected chi connectivity index (χ1v) is 11.0. The molecule has 0 saturated heterocycles. The molecule has 0 unspecified atom stereocenters. The van der Waals surface area contributed by atoms with Crippen LogP contribution in [0.1, 0.15) is 55.6 Å². The molecule has 32 heavy (non-hydrogen) atoms. The standard InChI is InChI=1S/C26H29NO5/c1-4-11-32-19-8-5-16(6-9-19)20-15-25(29)27-21-12-18(13-22(28)26(20)21)17-7-10-23(30-2)24(14-17)31-3/h5-10,14,18,20H,4,11-13,15H2,1-3H3,(H,27,29)/t18-,20-/m1/s1. The maximum Gasteiger partial charge on any atom is 0.225 e. The molecule has 2 aromatic carbocycles. The van der Waals surface area contributed by atoms with Crippen LogP contribution in [0.15, 0.2) is 53.7 Å². The van der Waals surface area contributed by atoms with Gasteiger partial charge < -0.3 is 19.5 Å². The van der Waals surface area contributed by atoms with Crippen LogP contribution in [0, 0.1) is 0 Å². The maximum absolute atomic E-state index is 13.3. The van der Waals surface area contributed by atoms with Crippen molar-refractivity contribution in [3.8, 4) is 17.2 Å². The molecule has 0 aromatic heterocycles. The van der Waals surface area contributed by atoms with Gasteiger partial charge in [-0.05, 0) is 54.2 Å². The third-order valence-corrected chi connectivity index (χ3v) is 6.17. The molecule has 2 atom stereocenters. The summed E-state index contributed by atoms with van der Waals surface area (Å²) in [6.07, 6.45) is 2.23. The van der Waals surface area contributed by atoms with Gasteiger partial charge in [0.25, 0.3) is 0 Å². The number of benzene rings is 2. The van der Waals surface area contributed by atoms with Crippen molar-refractivity contribution in [1.82, 2.24) is 5.32 Å². The molecule has 6 heteroatoms. The Labute approximate surface area is 188 Å². The highest BCUT2D eigenvalue weighted by atomic mass is 16.5. The monoisotopic (exact) mass is 435 g/mol. The van der Waals surface area contributed by atoms with Gasteiger partial charge in [0.2, 0.25) is 5.91 Å². The van der Waals surface area contributed by atoms with E-state index in [9.17, 15) is 9.59 Å². The first-order chi connectivity index (χ1) is 15.5. The number of ether oxygens (including phenoxy) is 3. The zero-order valence-corrected chi connectivity index (χ0v) is 18.8. The van der Waals surface area contributed by atoms with E-state index in [-0.39, 0.29) is 29.9 Å². The predicted molar refractivity (Wildman–Crippen MR) is 121 cm³/mol. The summed E-state index contributed by atoms with van der Waals surface area (Å²) in [5, 5.41) is 2.98. The molecule has 1 aliphatic heterocycles. The van der Waals surface area contributed by atoms with Crippen molar-refractivity contribution in [2.45, 2.75) is 44.4 Å². The van der Waals surface area contributed by atoms with Gasteiger partial charge in [-0.2, -0.15) is 0 Å². The summed E-state index contributed by atoms with van der Waals surface area (Å²) in [6.45, 7) is 2.73. The Morgan fingerprint density at radius 2 is 1.62 bits per heavy atom. The summed E-state index contributed by atoms with van der Waals surface area (Å²) in [4.78, 5) is 25.8. The van der Waals surface area contributed by atoms with Crippen molar-refractivity contribution in [1.29, 1.82) is 0 Å². The number of ketones is 1. The van der Waals surface area contributed by atoms with Crippen molar-refractivity contribution in [3.63, 3.8) is 0 Å². The molecule has 1 N–H and O–H groups in total. The SMILES string of the molecule is CCCOc1ccc([C@H]2CC(=O)NC3=C2C(=O)C[C@H](c2ccc(OC)c(OC)c2)C3)cc1. The summed E-state index contributed by atoms with van der Waals surface area (Å²) in [7, 11) is 3.19. The van der Waals surface area contributed by atoms with Gasteiger partial charge in [0.15, 0.2) is 17.3 Å². The van der Waals surface area contributed by atoms with E-state index in [0.29, 0.717) is 30.9 Å². The fourth-order valence-electron chi connectivity index (χ4n) is 4.60. The van der Waals surface area contributed by atoms with Crippen molar-refractivity contribution in [2.24, 2.45) is 0 Å². The third-order valence-electron chi connectivity index (χ3n) is 6.17. The van der Waals surface area contributed by atoms with Gasteiger partial charge in [0, 0.05) is 30.0 Å². The van der Waals surface area contributed by atoms with E-state index in [4.69, 9.17) is 14.2 Å². The Balaban J connectivity index is 1.62. The van der Waals surface area contributed by atoms with E-state index in [0.717, 1.165) is 34.6 Å². The zero-order chi connectivity index (χ0) is 22.7. The number of carbonyl (C=O) groups excluding carboxylic acids is 2. The van der Waals surface area contributed by atoms with Gasteiger partial charge in [0.1, 0.15) is 5.75 Å². The topological polar surface area (TPSA) is 73.9 Å². The second kappa shape index (κ2) is 9.47. The molecule has 0 bridgehead atoms. The molecule has 4 rings (SSSR count). The first kappa shape index (κ1) is 21.9. The lowest BCUT2D eigenvalue weighted by Crippen LogP contribution is -2.38. The highest BCUT2D eigenvalue weighted by Crippen LogP contribution is 2.44. The molecular weight excluding hydrogens is 406 g/mol. The minimum absolute atomic E-state index is 0.0232. The van der Waals surface area contributed by atoms with Gasteiger partial charge in [-0.15, -0.1) is 0 Å².